The molecule has 2 aliphatic rings. The molecule has 3 aromatic heterocycles. The smallest absolute Gasteiger partial charge is 0.177 e. The van der Waals surface area contributed by atoms with Gasteiger partial charge in [-0.2, -0.15) is 0 Å². The molecule has 0 unspecified atom stereocenters. The number of aromatic amines is 2. The van der Waals surface area contributed by atoms with Gasteiger partial charge >= 0.3 is 0 Å². The Hall–Kier alpha value is -3.51. The SMILES string of the molecule is C1CCCC1.C1CCNC1.c1nc2ccc(-c3ccc(-c4cnc5nc[nH]c5c4)cc3)cc2[nH]1. The molecule has 6 heteroatoms. The topological polar surface area (TPSA) is 82.3 Å². The number of benzene rings is 2. The molecular weight excluding hydrogens is 420 g/mol. The van der Waals surface area contributed by atoms with Crippen LogP contribution in [0.3, 0.4) is 0 Å². The Balaban J connectivity index is 0.000000199. The average Bonchev–Trinajstić information content (AvgIpc) is 3.72. The first kappa shape index (κ1) is 22.3. The number of hydrogen-bond donors (Lipinski definition) is 3. The van der Waals surface area contributed by atoms with Gasteiger partial charge in [-0.3, -0.25) is 0 Å². The fourth-order valence-electron chi connectivity index (χ4n) is 4.47. The third kappa shape index (κ3) is 5.51. The Labute approximate surface area is 200 Å². The number of imidazole rings is 2. The molecule has 0 radical (unpaired) electrons. The minimum atomic E-state index is 0.739. The van der Waals surface area contributed by atoms with Gasteiger partial charge in [-0.05, 0) is 60.8 Å². The minimum Gasteiger partial charge on any atom is -0.345 e. The van der Waals surface area contributed by atoms with Crippen molar-refractivity contribution >= 4 is 22.2 Å². The maximum absolute atomic E-state index is 4.37. The van der Waals surface area contributed by atoms with Crippen LogP contribution in [0.25, 0.3) is 44.5 Å². The van der Waals surface area contributed by atoms with E-state index in [0.29, 0.717) is 0 Å². The summed E-state index contributed by atoms with van der Waals surface area (Å²) in [5.74, 6) is 0. The Morgan fingerprint density at radius 1 is 0.529 bits per heavy atom. The summed E-state index contributed by atoms with van der Waals surface area (Å²) in [7, 11) is 0. The first-order chi connectivity index (χ1) is 16.9. The number of nitrogens with one attached hydrogen (secondary N) is 3. The van der Waals surface area contributed by atoms with Gasteiger partial charge in [0.15, 0.2) is 5.65 Å². The molecule has 174 valence electrons. The molecule has 7 rings (SSSR count). The van der Waals surface area contributed by atoms with Crippen LogP contribution in [-0.2, 0) is 0 Å². The predicted molar refractivity (Wildman–Crippen MR) is 140 cm³/mol. The molecule has 0 spiro atoms. The zero-order valence-corrected chi connectivity index (χ0v) is 19.6. The van der Waals surface area contributed by atoms with Crippen molar-refractivity contribution in [2.24, 2.45) is 0 Å². The van der Waals surface area contributed by atoms with Gasteiger partial charge in [-0.15, -0.1) is 0 Å². The standard InChI is InChI=1S/C19H13N5.C5H10.C4H9N/c1-3-13(15-8-18-19(20-9-15)24-11-23-18)4-2-12(1)14-5-6-16-17(7-14)22-10-21-16;2*1-2-4-5-3-1/h1-11H,(H,21,22)(H,20,23,24);1-5H2;5H,1-4H2. The fraction of sp³-hybridized carbons (Fsp3) is 0.321. The van der Waals surface area contributed by atoms with Gasteiger partial charge in [0.25, 0.3) is 0 Å². The van der Waals surface area contributed by atoms with E-state index in [1.165, 1.54) is 69.2 Å². The van der Waals surface area contributed by atoms with Crippen LogP contribution in [0, 0.1) is 0 Å². The van der Waals surface area contributed by atoms with E-state index in [4.69, 9.17) is 0 Å². The lowest BCUT2D eigenvalue weighted by molar-refractivity contribution is 0.857. The van der Waals surface area contributed by atoms with E-state index >= 15 is 0 Å². The fourth-order valence-corrected chi connectivity index (χ4v) is 4.47. The monoisotopic (exact) mass is 452 g/mol. The van der Waals surface area contributed by atoms with Gasteiger partial charge < -0.3 is 15.3 Å². The number of aromatic nitrogens is 5. The van der Waals surface area contributed by atoms with E-state index in [1.54, 1.807) is 12.7 Å². The molecule has 1 saturated carbocycles. The largest absolute Gasteiger partial charge is 0.345 e. The summed E-state index contributed by atoms with van der Waals surface area (Å²) in [5, 5.41) is 3.22. The highest BCUT2D eigenvalue weighted by atomic mass is 14.9. The summed E-state index contributed by atoms with van der Waals surface area (Å²) < 4.78 is 0. The summed E-state index contributed by atoms with van der Waals surface area (Å²) in [6.45, 7) is 2.50. The maximum atomic E-state index is 4.37. The first-order valence-corrected chi connectivity index (χ1v) is 12.4. The molecule has 1 aliphatic heterocycles. The van der Waals surface area contributed by atoms with Gasteiger partial charge in [-0.1, -0.05) is 62.4 Å². The summed E-state index contributed by atoms with van der Waals surface area (Å²) in [4.78, 5) is 19.0. The van der Waals surface area contributed by atoms with Crippen molar-refractivity contribution in [2.45, 2.75) is 44.9 Å². The van der Waals surface area contributed by atoms with E-state index in [0.717, 1.165) is 33.3 Å². The third-order valence-electron chi connectivity index (χ3n) is 6.45. The molecule has 4 heterocycles. The molecular formula is C28H32N6. The van der Waals surface area contributed by atoms with Crippen molar-refractivity contribution in [3.8, 4) is 22.3 Å². The molecule has 5 aromatic rings. The van der Waals surface area contributed by atoms with Gasteiger partial charge in [0, 0.05) is 11.8 Å². The second-order valence-electron chi connectivity index (χ2n) is 8.93. The van der Waals surface area contributed by atoms with Gasteiger partial charge in [0.05, 0.1) is 29.2 Å². The van der Waals surface area contributed by atoms with E-state index in [2.05, 4.69) is 72.7 Å². The molecule has 0 amide bonds. The third-order valence-corrected chi connectivity index (χ3v) is 6.45. The van der Waals surface area contributed by atoms with Crippen LogP contribution in [-0.4, -0.2) is 38.0 Å². The number of rotatable bonds is 2. The lowest BCUT2D eigenvalue weighted by Crippen LogP contribution is -2.03. The second-order valence-corrected chi connectivity index (χ2v) is 8.93. The van der Waals surface area contributed by atoms with Crippen LogP contribution >= 0.6 is 0 Å². The quantitative estimate of drug-likeness (QED) is 0.286. The molecule has 6 nitrogen and oxygen atoms in total. The molecule has 1 aliphatic carbocycles. The Morgan fingerprint density at radius 3 is 1.79 bits per heavy atom. The number of fused-ring (bicyclic) bond motifs is 2. The minimum absolute atomic E-state index is 0.739. The highest BCUT2D eigenvalue weighted by Crippen LogP contribution is 2.27. The van der Waals surface area contributed by atoms with Crippen molar-refractivity contribution in [3.05, 3.63) is 67.4 Å². The molecule has 1 saturated heterocycles. The Morgan fingerprint density at radius 2 is 1.12 bits per heavy atom. The maximum Gasteiger partial charge on any atom is 0.177 e. The van der Waals surface area contributed by atoms with E-state index in [1.807, 2.05) is 12.3 Å². The van der Waals surface area contributed by atoms with E-state index in [9.17, 15) is 0 Å². The number of nitrogens with zero attached hydrogens (tertiary/aromatic N) is 3. The lowest BCUT2D eigenvalue weighted by Gasteiger charge is -2.05. The van der Waals surface area contributed by atoms with Crippen LogP contribution < -0.4 is 5.32 Å². The van der Waals surface area contributed by atoms with Crippen molar-refractivity contribution in [1.29, 1.82) is 0 Å². The zero-order valence-electron chi connectivity index (χ0n) is 19.6. The highest BCUT2D eigenvalue weighted by Gasteiger charge is 2.05. The van der Waals surface area contributed by atoms with E-state index in [-0.39, 0.29) is 0 Å². The van der Waals surface area contributed by atoms with Crippen LogP contribution in [0.1, 0.15) is 44.9 Å². The van der Waals surface area contributed by atoms with Crippen molar-refractivity contribution in [2.75, 3.05) is 13.1 Å². The van der Waals surface area contributed by atoms with Crippen molar-refractivity contribution in [3.63, 3.8) is 0 Å². The average molecular weight is 453 g/mol. The van der Waals surface area contributed by atoms with Gasteiger partial charge in [-0.25, -0.2) is 15.0 Å². The molecule has 0 atom stereocenters. The molecule has 34 heavy (non-hydrogen) atoms. The summed E-state index contributed by atoms with van der Waals surface area (Å²) in [6, 6.07) is 16.8. The van der Waals surface area contributed by atoms with Crippen molar-refractivity contribution < 1.29 is 0 Å². The van der Waals surface area contributed by atoms with E-state index < -0.39 is 0 Å². The summed E-state index contributed by atoms with van der Waals surface area (Å²) >= 11 is 0. The van der Waals surface area contributed by atoms with Gasteiger partial charge in [0.1, 0.15) is 0 Å². The first-order valence-electron chi connectivity index (χ1n) is 12.4. The predicted octanol–water partition coefficient (Wildman–Crippen LogP) is 6.49. The Bertz CT molecular complexity index is 1190. The van der Waals surface area contributed by atoms with Crippen LogP contribution in [0.4, 0.5) is 0 Å². The zero-order chi connectivity index (χ0) is 23.0. The second kappa shape index (κ2) is 11.1. The van der Waals surface area contributed by atoms with Crippen LogP contribution in [0.5, 0.6) is 0 Å². The molecule has 3 N–H and O–H groups in total. The number of pyridine rings is 1. The molecule has 2 fully saturated rings. The molecule has 0 bridgehead atoms. The van der Waals surface area contributed by atoms with Crippen LogP contribution in [0.2, 0.25) is 0 Å². The number of H-pyrrole nitrogens is 2. The van der Waals surface area contributed by atoms with Gasteiger partial charge in [0.2, 0.25) is 0 Å². The Kier molecular flexibility index (Phi) is 7.26. The lowest BCUT2D eigenvalue weighted by atomic mass is 10.0. The highest BCUT2D eigenvalue weighted by molar-refractivity contribution is 5.83. The summed E-state index contributed by atoms with van der Waals surface area (Å²) in [5.41, 5.74) is 8.25. The van der Waals surface area contributed by atoms with Crippen LogP contribution in [0.15, 0.2) is 67.4 Å². The molecule has 2 aromatic carbocycles. The number of hydrogen-bond acceptors (Lipinski definition) is 4. The summed E-state index contributed by atoms with van der Waals surface area (Å²) in [6.07, 6.45) is 15.5. The van der Waals surface area contributed by atoms with Crippen molar-refractivity contribution in [1.82, 2.24) is 30.2 Å². The normalized spacial score (nSPS) is 15.1.